The van der Waals surface area contributed by atoms with Crippen LogP contribution in [0, 0.1) is 0 Å². The van der Waals surface area contributed by atoms with Gasteiger partial charge in [0, 0.05) is 17.1 Å². The maximum absolute atomic E-state index is 0. The summed E-state index contributed by atoms with van der Waals surface area (Å²) < 4.78 is 0. The quantitative estimate of drug-likeness (QED) is 0.505. The average molecular weight is 318 g/mol. The average Bonchev–Trinajstić information content (AvgIpc) is 0. The fourth-order valence-electron chi connectivity index (χ4n) is 0. The Morgan fingerprint density at radius 3 is 1.25 bits per heavy atom. The van der Waals surface area contributed by atoms with Crippen LogP contribution >= 0.6 is 13.5 Å². The van der Waals surface area contributed by atoms with Crippen molar-refractivity contribution in [2.45, 2.75) is 0 Å². The second-order valence-corrected chi connectivity index (χ2v) is 0. The van der Waals surface area contributed by atoms with E-state index >= 15 is 0 Å². The molecule has 0 unspecified atom stereocenters. The Kier molecular flexibility index (Phi) is 118. The number of hydrogen-bond acceptors (Lipinski definition) is 0. The Bertz CT molecular complexity index is 13.5. The van der Waals surface area contributed by atoms with E-state index in [9.17, 15) is 0 Å². The first kappa shape index (κ1) is 28.2. The molecule has 4 heavy (non-hydrogen) atoms. The minimum atomic E-state index is 0. The van der Waals surface area contributed by atoms with Gasteiger partial charge in [-0.25, -0.2) is 0 Å². The first-order chi connectivity index (χ1) is 0. The molecule has 0 saturated heterocycles. The predicted octanol–water partition coefficient (Wildman–Crippen LogP) is -0.962. The van der Waals surface area contributed by atoms with Gasteiger partial charge in [0.25, 0.3) is 0 Å². The van der Waals surface area contributed by atoms with Crippen LogP contribution in [0.3, 0.4) is 0 Å². The molecular weight excluding hydrogens is 312 g/mol. The molecule has 0 heterocycles. The molecule has 0 saturated carbocycles. The number of hydrogen-bond donors (Lipinski definition) is 0. The van der Waals surface area contributed by atoms with Gasteiger partial charge < -0.3 is 2.85 Å². The van der Waals surface area contributed by atoms with Crippen molar-refractivity contribution in [2.24, 2.45) is 0 Å². The maximum atomic E-state index is 0. The van der Waals surface area contributed by atoms with Gasteiger partial charge in [-0.15, -0.1) is 0 Å². The second-order valence-electron chi connectivity index (χ2n) is 0. The Morgan fingerprint density at radius 2 is 1.25 bits per heavy atom. The summed E-state index contributed by atoms with van der Waals surface area (Å²) in [6.45, 7) is 0. The topological polar surface area (TPSA) is 0 Å². The molecule has 0 aliphatic carbocycles. The van der Waals surface area contributed by atoms with E-state index in [-0.39, 0.29) is 99.4 Å². The van der Waals surface area contributed by atoms with E-state index in [2.05, 4.69) is 0 Å². The number of rotatable bonds is 0. The van der Waals surface area contributed by atoms with Crippen LogP contribution in [0.5, 0.6) is 0 Å². The van der Waals surface area contributed by atoms with Crippen LogP contribution in [0.4, 0.5) is 0 Å². The van der Waals surface area contributed by atoms with Gasteiger partial charge in [0.05, 0.1) is 0 Å². The molecule has 0 N–H and O–H groups in total. The molecule has 0 aliphatic rings. The summed E-state index contributed by atoms with van der Waals surface area (Å²) in [4.78, 5) is 0. The molecular formula is H6BaCuSSe. The van der Waals surface area contributed by atoms with Crippen LogP contribution in [-0.2, 0) is 17.1 Å². The summed E-state index contributed by atoms with van der Waals surface area (Å²) in [6.07, 6.45) is 0. The van der Waals surface area contributed by atoms with E-state index in [1.54, 1.807) is 0 Å². The fraction of sp³-hybridized carbons (Fsp3) is 0. The monoisotopic (exact) mass is 319 g/mol. The van der Waals surface area contributed by atoms with Crippen molar-refractivity contribution in [3.63, 3.8) is 0 Å². The van der Waals surface area contributed by atoms with Crippen LogP contribution in [0.2, 0.25) is 0 Å². The van der Waals surface area contributed by atoms with Crippen molar-refractivity contribution in [2.75, 3.05) is 0 Å². The zero-order valence-corrected chi connectivity index (χ0v) is 10.5. The molecule has 0 atom stereocenters. The third-order valence-electron chi connectivity index (χ3n) is 0. The minimum absolute atomic E-state index is 0. The van der Waals surface area contributed by atoms with Gasteiger partial charge in [-0.2, -0.15) is 13.5 Å². The van der Waals surface area contributed by atoms with Crippen LogP contribution in [0.15, 0.2) is 0 Å². The molecule has 1 radical (unpaired) electrons. The molecule has 0 aromatic rings. The Balaban J connectivity index is 0. The molecule has 0 rings (SSSR count). The van der Waals surface area contributed by atoms with E-state index < -0.39 is 0 Å². The van der Waals surface area contributed by atoms with Crippen LogP contribution in [0.25, 0.3) is 0 Å². The summed E-state index contributed by atoms with van der Waals surface area (Å²) in [7, 11) is 0. The molecule has 31 valence electrons. The fourth-order valence-corrected chi connectivity index (χ4v) is 0. The third-order valence-corrected chi connectivity index (χ3v) is 0. The van der Waals surface area contributed by atoms with Gasteiger partial charge in [0.2, 0.25) is 0 Å². The molecule has 0 aliphatic heterocycles. The van der Waals surface area contributed by atoms with Gasteiger partial charge >= 0.3 is 65.9 Å². The molecule has 0 bridgehead atoms. The first-order valence-corrected chi connectivity index (χ1v) is 0. The van der Waals surface area contributed by atoms with Crippen molar-refractivity contribution < 1.29 is 19.9 Å². The van der Waals surface area contributed by atoms with E-state index in [1.165, 1.54) is 0 Å². The van der Waals surface area contributed by atoms with E-state index in [0.717, 1.165) is 0 Å². The first-order valence-electron chi connectivity index (χ1n) is 0. The normalized spacial score (nSPS) is 0. The Morgan fingerprint density at radius 1 is 1.25 bits per heavy atom. The van der Waals surface area contributed by atoms with Gasteiger partial charge in [0.15, 0.2) is 0 Å². The Hall–Kier alpha value is 2.96. The van der Waals surface area contributed by atoms with Crippen LogP contribution < -0.4 is 0 Å². The van der Waals surface area contributed by atoms with Crippen molar-refractivity contribution >= 4 is 79.4 Å². The van der Waals surface area contributed by atoms with Crippen molar-refractivity contribution in [1.82, 2.24) is 0 Å². The SMILES string of the molecule is S.[Ba+2].[Cu].[H-].[H-].[SeH2]. The molecule has 0 aromatic carbocycles. The molecule has 0 aromatic heterocycles. The molecule has 0 spiro atoms. The van der Waals surface area contributed by atoms with E-state index in [1.807, 2.05) is 0 Å². The molecule has 0 nitrogen and oxygen atoms in total. The summed E-state index contributed by atoms with van der Waals surface area (Å²) in [6, 6.07) is 0. The molecule has 0 amide bonds. The molecule has 0 fully saturated rings. The summed E-state index contributed by atoms with van der Waals surface area (Å²) in [5.41, 5.74) is 0. The zero-order valence-electron chi connectivity index (χ0n) is 4.01. The summed E-state index contributed by atoms with van der Waals surface area (Å²) >= 11 is 0. The van der Waals surface area contributed by atoms with Gasteiger partial charge in [-0.3, -0.25) is 0 Å². The van der Waals surface area contributed by atoms with Crippen molar-refractivity contribution in [1.29, 1.82) is 0 Å². The second kappa shape index (κ2) is 16.7. The summed E-state index contributed by atoms with van der Waals surface area (Å²) in [5.74, 6) is 0. The van der Waals surface area contributed by atoms with Crippen LogP contribution in [0.1, 0.15) is 2.85 Å². The van der Waals surface area contributed by atoms with Crippen molar-refractivity contribution in [3.8, 4) is 0 Å². The van der Waals surface area contributed by atoms with E-state index in [0.29, 0.717) is 0 Å². The Labute approximate surface area is 97.3 Å². The third kappa shape index (κ3) is 8.88. The molecule has 4 heteroatoms. The van der Waals surface area contributed by atoms with Gasteiger partial charge in [-0.05, 0) is 0 Å². The van der Waals surface area contributed by atoms with Crippen molar-refractivity contribution in [3.05, 3.63) is 0 Å². The van der Waals surface area contributed by atoms with Gasteiger partial charge in [-0.1, -0.05) is 0 Å². The zero-order chi connectivity index (χ0) is 0. The van der Waals surface area contributed by atoms with E-state index in [4.69, 9.17) is 0 Å². The summed E-state index contributed by atoms with van der Waals surface area (Å²) in [5, 5.41) is 0. The van der Waals surface area contributed by atoms with Crippen LogP contribution in [-0.4, -0.2) is 65.9 Å². The predicted molar refractivity (Wildman–Crippen MR) is 26.9 cm³/mol. The standard InChI is InChI=1S/Ba.Cu.H2S.H2Se.2H/h;;2*1H2;;/q+2;;;;2*-1. The van der Waals surface area contributed by atoms with Gasteiger partial charge in [0.1, 0.15) is 0 Å².